The third-order valence-corrected chi connectivity index (χ3v) is 3.93. The first-order valence-electron chi connectivity index (χ1n) is 7.87. The van der Waals surface area contributed by atoms with Crippen LogP contribution >= 0.6 is 11.8 Å². The fraction of sp³-hybridized carbons (Fsp3) is 0.167. The predicted molar refractivity (Wildman–Crippen MR) is 96.6 cm³/mol. The molecule has 0 aliphatic carbocycles. The van der Waals surface area contributed by atoms with Crippen LogP contribution in [0.4, 0.5) is 18.9 Å². The van der Waals surface area contributed by atoms with Gasteiger partial charge in [-0.05, 0) is 42.5 Å². The van der Waals surface area contributed by atoms with Crippen LogP contribution in [-0.2, 0) is 14.3 Å². The molecule has 0 radical (unpaired) electrons. The highest BCUT2D eigenvalue weighted by Gasteiger charge is 2.12. The summed E-state index contributed by atoms with van der Waals surface area (Å²) in [5.74, 6) is -5.29. The molecule has 0 aliphatic rings. The highest BCUT2D eigenvalue weighted by molar-refractivity contribution is 7.99. The van der Waals surface area contributed by atoms with Crippen molar-refractivity contribution in [2.24, 2.45) is 0 Å². The van der Waals surface area contributed by atoms with Crippen LogP contribution in [0, 0.1) is 5.82 Å². The van der Waals surface area contributed by atoms with Gasteiger partial charge in [0.2, 0.25) is 0 Å². The lowest BCUT2D eigenvalue weighted by Gasteiger charge is -2.08. The number of ether oxygens (including phenoxy) is 1. The van der Waals surface area contributed by atoms with Crippen LogP contribution in [0.3, 0.4) is 0 Å². The van der Waals surface area contributed by atoms with Gasteiger partial charge in [0.15, 0.2) is 6.61 Å². The zero-order valence-corrected chi connectivity index (χ0v) is 15.1. The summed E-state index contributed by atoms with van der Waals surface area (Å²) >= 11 is 0.376. The molecule has 0 fully saturated rings. The third-order valence-electron chi connectivity index (χ3n) is 3.21. The van der Waals surface area contributed by atoms with E-state index in [1.165, 1.54) is 42.5 Å². The second-order valence-corrected chi connectivity index (χ2v) is 6.37. The van der Waals surface area contributed by atoms with Gasteiger partial charge in [-0.2, -0.15) is 8.78 Å². The number of halogens is 3. The maximum absolute atomic E-state index is 13.0. The minimum atomic E-state index is -2.54. The van der Waals surface area contributed by atoms with Crippen molar-refractivity contribution in [2.75, 3.05) is 18.5 Å². The maximum Gasteiger partial charge on any atom is 0.325 e. The van der Waals surface area contributed by atoms with Crippen LogP contribution in [-0.4, -0.2) is 36.7 Å². The number of carbonyl (C=O) groups excluding carboxylic acids is 3. The summed E-state index contributed by atoms with van der Waals surface area (Å²) in [4.78, 5) is 35.4. The lowest BCUT2D eigenvalue weighted by atomic mass is 10.2. The van der Waals surface area contributed by atoms with Crippen molar-refractivity contribution in [3.05, 3.63) is 59.9 Å². The quantitative estimate of drug-likeness (QED) is 0.514. The Morgan fingerprint density at radius 2 is 1.79 bits per heavy atom. The summed E-state index contributed by atoms with van der Waals surface area (Å²) in [7, 11) is 0. The summed E-state index contributed by atoms with van der Waals surface area (Å²) in [6.45, 7) is -1.09. The van der Waals surface area contributed by atoms with E-state index in [2.05, 4.69) is 10.6 Å². The van der Waals surface area contributed by atoms with Gasteiger partial charge in [-0.3, -0.25) is 14.4 Å². The molecular weight excluding hydrogens is 397 g/mol. The van der Waals surface area contributed by atoms with Crippen molar-refractivity contribution >= 4 is 35.2 Å². The number of alkyl halides is 2. The molecule has 0 atom stereocenters. The molecule has 0 unspecified atom stereocenters. The average molecular weight is 412 g/mol. The van der Waals surface area contributed by atoms with E-state index in [0.717, 1.165) is 6.07 Å². The Morgan fingerprint density at radius 3 is 2.43 bits per heavy atom. The maximum atomic E-state index is 13.0. The van der Waals surface area contributed by atoms with Gasteiger partial charge in [-0.25, -0.2) is 4.39 Å². The molecule has 2 aromatic rings. The number of anilines is 1. The van der Waals surface area contributed by atoms with Crippen molar-refractivity contribution in [3.63, 3.8) is 0 Å². The third kappa shape index (κ3) is 7.31. The number of esters is 1. The van der Waals surface area contributed by atoms with E-state index >= 15 is 0 Å². The first-order valence-corrected chi connectivity index (χ1v) is 8.75. The fourth-order valence-corrected chi connectivity index (χ4v) is 2.50. The molecule has 0 spiro atoms. The normalized spacial score (nSPS) is 10.4. The van der Waals surface area contributed by atoms with Crippen molar-refractivity contribution in [1.29, 1.82) is 0 Å². The molecule has 2 amide bonds. The Bertz CT molecular complexity index is 847. The molecule has 0 heterocycles. The second-order valence-electron chi connectivity index (χ2n) is 5.30. The van der Waals surface area contributed by atoms with Crippen molar-refractivity contribution < 1.29 is 32.3 Å². The molecule has 2 rings (SSSR count). The lowest BCUT2D eigenvalue weighted by Crippen LogP contribution is -2.32. The topological polar surface area (TPSA) is 84.5 Å². The molecule has 0 aliphatic heterocycles. The van der Waals surface area contributed by atoms with Crippen LogP contribution in [0.15, 0.2) is 53.4 Å². The van der Waals surface area contributed by atoms with E-state index in [4.69, 9.17) is 4.74 Å². The molecule has 0 saturated carbocycles. The molecule has 10 heteroatoms. The molecule has 0 saturated heterocycles. The van der Waals surface area contributed by atoms with Gasteiger partial charge in [0.05, 0.1) is 0 Å². The number of amides is 2. The van der Waals surface area contributed by atoms with Crippen LogP contribution in [0.25, 0.3) is 0 Å². The minimum Gasteiger partial charge on any atom is -0.454 e. The zero-order valence-electron chi connectivity index (χ0n) is 14.3. The summed E-state index contributed by atoms with van der Waals surface area (Å²) in [5.41, 5.74) is 0.387. The van der Waals surface area contributed by atoms with E-state index in [9.17, 15) is 27.6 Å². The van der Waals surface area contributed by atoms with Gasteiger partial charge in [0, 0.05) is 16.1 Å². The molecule has 6 nitrogen and oxygen atoms in total. The van der Waals surface area contributed by atoms with Crippen LogP contribution in [0.5, 0.6) is 0 Å². The van der Waals surface area contributed by atoms with Gasteiger partial charge in [-0.1, -0.05) is 17.8 Å². The Labute approximate surface area is 162 Å². The van der Waals surface area contributed by atoms with Crippen LogP contribution < -0.4 is 10.6 Å². The molecular formula is C18H15F3N2O4S. The highest BCUT2D eigenvalue weighted by Crippen LogP contribution is 2.26. The summed E-state index contributed by atoms with van der Waals surface area (Å²) < 4.78 is 42.2. The molecule has 148 valence electrons. The van der Waals surface area contributed by atoms with Crippen LogP contribution in [0.1, 0.15) is 10.4 Å². The smallest absolute Gasteiger partial charge is 0.325 e. The number of nitrogens with one attached hydrogen (secondary N) is 2. The van der Waals surface area contributed by atoms with E-state index in [1.54, 1.807) is 0 Å². The number of rotatable bonds is 8. The average Bonchev–Trinajstić information content (AvgIpc) is 2.65. The van der Waals surface area contributed by atoms with Gasteiger partial charge in [0.25, 0.3) is 17.6 Å². The molecule has 0 aromatic heterocycles. The van der Waals surface area contributed by atoms with E-state index in [1.807, 2.05) is 0 Å². The van der Waals surface area contributed by atoms with Crippen molar-refractivity contribution in [2.45, 2.75) is 10.7 Å². The Balaban J connectivity index is 1.71. The first-order chi connectivity index (χ1) is 13.3. The number of carbonyl (C=O) groups is 3. The predicted octanol–water partition coefficient (Wildman–Crippen LogP) is 3.05. The van der Waals surface area contributed by atoms with Crippen molar-refractivity contribution in [3.8, 4) is 0 Å². The molecule has 0 bridgehead atoms. The van der Waals surface area contributed by atoms with Gasteiger partial charge in [0.1, 0.15) is 12.4 Å². The number of hydrogen-bond acceptors (Lipinski definition) is 5. The number of hydrogen-bond donors (Lipinski definition) is 2. The van der Waals surface area contributed by atoms with Crippen molar-refractivity contribution in [1.82, 2.24) is 5.32 Å². The Kier molecular flexibility index (Phi) is 7.88. The fourth-order valence-electron chi connectivity index (χ4n) is 2.00. The van der Waals surface area contributed by atoms with Gasteiger partial charge in [-0.15, -0.1) is 0 Å². The summed E-state index contributed by atoms with van der Waals surface area (Å²) in [5, 5.41) is 4.68. The zero-order chi connectivity index (χ0) is 20.5. The van der Waals surface area contributed by atoms with Gasteiger partial charge >= 0.3 is 5.97 Å². The van der Waals surface area contributed by atoms with Crippen LogP contribution in [0.2, 0.25) is 0 Å². The monoisotopic (exact) mass is 412 g/mol. The lowest BCUT2D eigenvalue weighted by molar-refractivity contribution is -0.146. The number of benzene rings is 2. The van der Waals surface area contributed by atoms with E-state index in [-0.39, 0.29) is 5.56 Å². The first kappa shape index (κ1) is 21.3. The summed E-state index contributed by atoms with van der Waals surface area (Å²) in [6.07, 6.45) is 0. The molecule has 2 aromatic carbocycles. The number of thioether (sulfide) groups is 1. The van der Waals surface area contributed by atoms with E-state index < -0.39 is 42.5 Å². The second kappa shape index (κ2) is 10.4. The standard InChI is InChI=1S/C18H15F3N2O4S/c19-12-3-1-2-11(8-12)17(26)22-9-16(25)27-10-15(24)23-13-4-6-14(7-5-13)28-18(20)21/h1-8,18H,9-10H2,(H,22,26)(H,23,24). The summed E-state index contributed by atoms with van der Waals surface area (Å²) in [6, 6.07) is 10.6. The highest BCUT2D eigenvalue weighted by atomic mass is 32.2. The molecule has 2 N–H and O–H groups in total. The SMILES string of the molecule is O=C(COC(=O)CNC(=O)c1cccc(F)c1)Nc1ccc(SC(F)F)cc1. The molecule has 28 heavy (non-hydrogen) atoms. The largest absolute Gasteiger partial charge is 0.454 e. The minimum absolute atomic E-state index is 0.0407. The van der Waals surface area contributed by atoms with Gasteiger partial charge < -0.3 is 15.4 Å². The Morgan fingerprint density at radius 1 is 1.07 bits per heavy atom. The van der Waals surface area contributed by atoms with E-state index in [0.29, 0.717) is 22.3 Å². The Hall–Kier alpha value is -3.01.